The maximum atomic E-state index is 11.9. The largest absolute Gasteiger partial charge is 0.481 e. The number of esters is 2. The fraction of sp³-hybridized carbons (Fsp3) is 0.769. The molecule has 0 aliphatic carbocycles. The summed E-state index contributed by atoms with van der Waals surface area (Å²) in [6.45, 7) is 6.62. The Morgan fingerprint density at radius 2 is 1.95 bits per heavy atom. The second kappa shape index (κ2) is 5.59. The summed E-state index contributed by atoms with van der Waals surface area (Å²) in [5.41, 5.74) is -0.851. The molecule has 0 aromatic carbocycles. The first-order chi connectivity index (χ1) is 8.65. The van der Waals surface area contributed by atoms with Gasteiger partial charge in [-0.25, -0.2) is 0 Å². The molecule has 1 heterocycles. The molecule has 6 heteroatoms. The molecule has 108 valence electrons. The minimum Gasteiger partial charge on any atom is -0.481 e. The van der Waals surface area contributed by atoms with Gasteiger partial charge in [-0.05, 0) is 13.8 Å². The first-order valence-electron chi connectivity index (χ1n) is 6.26. The third kappa shape index (κ3) is 3.68. The van der Waals surface area contributed by atoms with Crippen molar-refractivity contribution in [2.75, 3.05) is 6.61 Å². The fourth-order valence-corrected chi connectivity index (χ4v) is 1.81. The summed E-state index contributed by atoms with van der Waals surface area (Å²) in [6, 6.07) is 0. The van der Waals surface area contributed by atoms with Crippen LogP contribution in [0, 0.1) is 17.8 Å². The standard InChI is InChI=1S/C13H20O6/c1-7(11(15)16)8(2)12(17)19-13(3,4)9-5-10(14)18-6-9/h7-9H,5-6H2,1-4H3,(H,15,16). The third-order valence-corrected chi connectivity index (χ3v) is 3.72. The summed E-state index contributed by atoms with van der Waals surface area (Å²) in [4.78, 5) is 33.8. The normalized spacial score (nSPS) is 22.5. The van der Waals surface area contributed by atoms with Gasteiger partial charge in [0, 0.05) is 5.92 Å². The highest BCUT2D eigenvalue weighted by Crippen LogP contribution is 2.31. The molecule has 1 fully saturated rings. The Labute approximate surface area is 112 Å². The zero-order valence-electron chi connectivity index (χ0n) is 11.6. The van der Waals surface area contributed by atoms with E-state index < -0.39 is 29.4 Å². The highest BCUT2D eigenvalue weighted by molar-refractivity contribution is 5.80. The van der Waals surface area contributed by atoms with Gasteiger partial charge in [-0.1, -0.05) is 13.8 Å². The molecule has 1 saturated heterocycles. The maximum absolute atomic E-state index is 11.9. The second-order valence-corrected chi connectivity index (χ2v) is 5.52. The van der Waals surface area contributed by atoms with E-state index in [-0.39, 0.29) is 24.9 Å². The van der Waals surface area contributed by atoms with Crippen molar-refractivity contribution in [3.63, 3.8) is 0 Å². The van der Waals surface area contributed by atoms with Gasteiger partial charge in [0.2, 0.25) is 0 Å². The first kappa shape index (κ1) is 15.5. The van der Waals surface area contributed by atoms with Crippen LogP contribution in [0.25, 0.3) is 0 Å². The van der Waals surface area contributed by atoms with E-state index >= 15 is 0 Å². The summed E-state index contributed by atoms with van der Waals surface area (Å²) in [7, 11) is 0. The number of ether oxygens (including phenoxy) is 2. The van der Waals surface area contributed by atoms with Crippen LogP contribution in [0.1, 0.15) is 34.1 Å². The molecule has 0 spiro atoms. The van der Waals surface area contributed by atoms with Crippen LogP contribution in [0.2, 0.25) is 0 Å². The van der Waals surface area contributed by atoms with Crippen molar-refractivity contribution in [2.24, 2.45) is 17.8 Å². The Balaban J connectivity index is 2.64. The number of hydrogen-bond donors (Lipinski definition) is 1. The molecule has 0 radical (unpaired) electrons. The molecule has 1 aliphatic rings. The molecule has 0 aromatic rings. The van der Waals surface area contributed by atoms with Gasteiger partial charge in [-0.3, -0.25) is 14.4 Å². The fourth-order valence-electron chi connectivity index (χ4n) is 1.81. The lowest BCUT2D eigenvalue weighted by atomic mass is 9.89. The Bertz CT molecular complexity index is 387. The molecule has 6 nitrogen and oxygen atoms in total. The number of carbonyl (C=O) groups is 3. The predicted octanol–water partition coefficient (Wildman–Crippen LogP) is 1.23. The Kier molecular flexibility index (Phi) is 4.55. The number of rotatable bonds is 5. The molecular weight excluding hydrogens is 252 g/mol. The second-order valence-electron chi connectivity index (χ2n) is 5.52. The molecule has 1 rings (SSSR count). The van der Waals surface area contributed by atoms with Crippen LogP contribution in [0.4, 0.5) is 0 Å². The van der Waals surface area contributed by atoms with E-state index in [9.17, 15) is 14.4 Å². The minimum atomic E-state index is -1.04. The molecule has 0 aromatic heterocycles. The summed E-state index contributed by atoms with van der Waals surface area (Å²) < 4.78 is 10.2. The minimum absolute atomic E-state index is 0.198. The van der Waals surface area contributed by atoms with Gasteiger partial charge in [-0.15, -0.1) is 0 Å². The van der Waals surface area contributed by atoms with Crippen LogP contribution in [-0.2, 0) is 23.9 Å². The Morgan fingerprint density at radius 3 is 2.37 bits per heavy atom. The lowest BCUT2D eigenvalue weighted by molar-refractivity contribution is -0.171. The average molecular weight is 272 g/mol. The van der Waals surface area contributed by atoms with E-state index in [4.69, 9.17) is 14.6 Å². The first-order valence-corrected chi connectivity index (χ1v) is 6.26. The Morgan fingerprint density at radius 1 is 1.37 bits per heavy atom. The lowest BCUT2D eigenvalue weighted by Crippen LogP contribution is -2.40. The summed E-state index contributed by atoms with van der Waals surface area (Å²) in [6.07, 6.45) is 0.211. The smallest absolute Gasteiger partial charge is 0.310 e. The molecule has 3 atom stereocenters. The zero-order valence-corrected chi connectivity index (χ0v) is 11.6. The maximum Gasteiger partial charge on any atom is 0.310 e. The number of carboxylic acids is 1. The molecule has 3 unspecified atom stereocenters. The van der Waals surface area contributed by atoms with Gasteiger partial charge >= 0.3 is 17.9 Å². The van der Waals surface area contributed by atoms with Crippen LogP contribution in [-0.4, -0.2) is 35.2 Å². The van der Waals surface area contributed by atoms with Crippen LogP contribution < -0.4 is 0 Å². The van der Waals surface area contributed by atoms with Crippen molar-refractivity contribution in [2.45, 2.75) is 39.7 Å². The quantitative estimate of drug-likeness (QED) is 0.757. The number of cyclic esters (lactones) is 1. The van der Waals surface area contributed by atoms with Crippen LogP contribution in [0.3, 0.4) is 0 Å². The van der Waals surface area contributed by atoms with Crippen LogP contribution in [0.5, 0.6) is 0 Å². The summed E-state index contributed by atoms with van der Waals surface area (Å²) in [5, 5.41) is 8.87. The molecule has 19 heavy (non-hydrogen) atoms. The zero-order chi connectivity index (χ0) is 14.8. The summed E-state index contributed by atoms with van der Waals surface area (Å²) in [5.74, 6) is -3.67. The predicted molar refractivity (Wildman–Crippen MR) is 65.2 cm³/mol. The number of carbonyl (C=O) groups excluding carboxylic acids is 2. The van der Waals surface area contributed by atoms with Crippen molar-refractivity contribution in [3.05, 3.63) is 0 Å². The lowest BCUT2D eigenvalue weighted by Gasteiger charge is -2.31. The molecule has 0 saturated carbocycles. The van der Waals surface area contributed by atoms with E-state index in [0.29, 0.717) is 0 Å². The van der Waals surface area contributed by atoms with Gasteiger partial charge in [0.15, 0.2) is 0 Å². The highest BCUT2D eigenvalue weighted by atomic mass is 16.6. The Hall–Kier alpha value is -1.59. The highest BCUT2D eigenvalue weighted by Gasteiger charge is 2.41. The summed E-state index contributed by atoms with van der Waals surface area (Å²) >= 11 is 0. The monoisotopic (exact) mass is 272 g/mol. The van der Waals surface area contributed by atoms with E-state index in [1.54, 1.807) is 13.8 Å². The van der Waals surface area contributed by atoms with E-state index in [0.717, 1.165) is 0 Å². The number of carboxylic acid groups (broad SMARTS) is 1. The molecule has 1 aliphatic heterocycles. The molecule has 0 bridgehead atoms. The van der Waals surface area contributed by atoms with E-state index in [1.807, 2.05) is 0 Å². The van der Waals surface area contributed by atoms with Crippen LogP contribution >= 0.6 is 0 Å². The van der Waals surface area contributed by atoms with Gasteiger partial charge in [-0.2, -0.15) is 0 Å². The molecular formula is C13H20O6. The van der Waals surface area contributed by atoms with Crippen molar-refractivity contribution in [3.8, 4) is 0 Å². The SMILES string of the molecule is CC(C(=O)O)C(C)C(=O)OC(C)(C)C1COC(=O)C1. The van der Waals surface area contributed by atoms with Crippen molar-refractivity contribution in [1.82, 2.24) is 0 Å². The van der Waals surface area contributed by atoms with Gasteiger partial charge in [0.05, 0.1) is 24.9 Å². The average Bonchev–Trinajstić information content (AvgIpc) is 2.73. The topological polar surface area (TPSA) is 89.9 Å². The van der Waals surface area contributed by atoms with Crippen molar-refractivity contribution in [1.29, 1.82) is 0 Å². The van der Waals surface area contributed by atoms with Crippen molar-refractivity contribution < 1.29 is 29.0 Å². The van der Waals surface area contributed by atoms with Crippen LogP contribution in [0.15, 0.2) is 0 Å². The van der Waals surface area contributed by atoms with Gasteiger partial charge in [0.1, 0.15) is 5.60 Å². The van der Waals surface area contributed by atoms with Gasteiger partial charge < -0.3 is 14.6 Å². The molecule has 0 amide bonds. The number of aliphatic carboxylic acids is 1. The number of hydrogen-bond acceptors (Lipinski definition) is 5. The molecule has 1 N–H and O–H groups in total. The van der Waals surface area contributed by atoms with E-state index in [2.05, 4.69) is 0 Å². The third-order valence-electron chi connectivity index (χ3n) is 3.72. The van der Waals surface area contributed by atoms with Crippen molar-refractivity contribution >= 4 is 17.9 Å². The van der Waals surface area contributed by atoms with Gasteiger partial charge in [0.25, 0.3) is 0 Å². The van der Waals surface area contributed by atoms with E-state index in [1.165, 1.54) is 13.8 Å².